The van der Waals surface area contributed by atoms with Crippen LogP contribution in [0, 0.1) is 5.82 Å². The number of nitrogen functional groups attached to an aromatic ring is 1. The monoisotopic (exact) mass is 358 g/mol. The third-order valence-corrected chi connectivity index (χ3v) is 4.69. The molecule has 1 aromatic heterocycles. The molecule has 0 spiro atoms. The number of anilines is 1. The van der Waals surface area contributed by atoms with Crippen molar-refractivity contribution >= 4 is 17.3 Å². The van der Waals surface area contributed by atoms with E-state index in [-0.39, 0.29) is 23.9 Å². The average Bonchev–Trinajstić information content (AvgIpc) is 3.21. The normalized spacial score (nSPS) is 20.6. The Morgan fingerprint density at radius 2 is 2.19 bits per heavy atom. The van der Waals surface area contributed by atoms with Crippen LogP contribution in [0.25, 0.3) is 5.57 Å². The summed E-state index contributed by atoms with van der Waals surface area (Å²) in [5.74, 6) is -0.0521. The molecular formula is C19H23FN4O2. The van der Waals surface area contributed by atoms with E-state index in [2.05, 4.69) is 5.10 Å². The Hall–Kier alpha value is -2.67. The van der Waals surface area contributed by atoms with Crippen LogP contribution in [0.1, 0.15) is 18.9 Å². The summed E-state index contributed by atoms with van der Waals surface area (Å²) in [5, 5.41) is 4.19. The lowest BCUT2D eigenvalue weighted by Gasteiger charge is -2.23. The number of ether oxygens (including phenoxy) is 1. The van der Waals surface area contributed by atoms with Gasteiger partial charge in [-0.2, -0.15) is 5.10 Å². The van der Waals surface area contributed by atoms with Crippen molar-refractivity contribution in [3.8, 4) is 0 Å². The summed E-state index contributed by atoms with van der Waals surface area (Å²) < 4.78 is 21.1. The summed E-state index contributed by atoms with van der Waals surface area (Å²) in [6.45, 7) is 2.77. The fraction of sp³-hybridized carbons (Fsp3) is 0.368. The van der Waals surface area contributed by atoms with Gasteiger partial charge in [-0.25, -0.2) is 4.39 Å². The van der Waals surface area contributed by atoms with E-state index in [1.54, 1.807) is 54.1 Å². The van der Waals surface area contributed by atoms with Crippen LogP contribution in [0.5, 0.6) is 0 Å². The number of hydrogen-bond acceptors (Lipinski definition) is 4. The zero-order valence-electron chi connectivity index (χ0n) is 14.9. The maximum atomic E-state index is 13.9. The molecule has 1 aliphatic rings. The lowest BCUT2D eigenvalue weighted by Crippen LogP contribution is -2.37. The number of hydrogen-bond donors (Lipinski definition) is 1. The van der Waals surface area contributed by atoms with Crippen molar-refractivity contribution in [3.63, 3.8) is 0 Å². The van der Waals surface area contributed by atoms with Gasteiger partial charge in [-0.15, -0.1) is 0 Å². The highest BCUT2D eigenvalue weighted by atomic mass is 19.1. The second-order valence-electron chi connectivity index (χ2n) is 6.51. The van der Waals surface area contributed by atoms with E-state index >= 15 is 0 Å². The highest BCUT2D eigenvalue weighted by Crippen LogP contribution is 2.24. The van der Waals surface area contributed by atoms with Crippen molar-refractivity contribution < 1.29 is 13.9 Å². The Bertz CT molecular complexity index is 817. The number of nitrogens with zero attached hydrogens (tertiary/aromatic N) is 3. The smallest absolute Gasteiger partial charge is 0.247 e. The molecule has 2 aromatic rings. The first kappa shape index (κ1) is 18.1. The highest BCUT2D eigenvalue weighted by molar-refractivity contribution is 5.95. The molecule has 1 fully saturated rings. The number of benzene rings is 1. The molecule has 2 atom stereocenters. The second kappa shape index (κ2) is 7.70. The molecule has 1 saturated heterocycles. The second-order valence-corrected chi connectivity index (χ2v) is 6.51. The van der Waals surface area contributed by atoms with Crippen LogP contribution in [0.4, 0.5) is 10.2 Å². The molecule has 0 aliphatic carbocycles. The van der Waals surface area contributed by atoms with Gasteiger partial charge in [-0.1, -0.05) is 18.2 Å². The number of carbonyl (C=O) groups is 1. The van der Waals surface area contributed by atoms with Crippen LogP contribution in [0.15, 0.2) is 42.6 Å². The number of nitrogens with two attached hydrogens (primary N) is 1. The molecule has 6 nitrogen and oxygen atoms in total. The zero-order valence-corrected chi connectivity index (χ0v) is 14.9. The van der Waals surface area contributed by atoms with E-state index in [0.717, 1.165) is 0 Å². The van der Waals surface area contributed by atoms with Gasteiger partial charge in [0.25, 0.3) is 0 Å². The summed E-state index contributed by atoms with van der Waals surface area (Å²) in [7, 11) is 1.64. The number of rotatable bonds is 5. The third kappa shape index (κ3) is 3.94. The SMILES string of the molecule is CO[C@H]1C[C@@H](Cn2ccc(N)n2)N(C(=O)C=C(C)c2ccccc2F)C1. The largest absolute Gasteiger partial charge is 0.382 e. The van der Waals surface area contributed by atoms with Gasteiger partial charge in [0.2, 0.25) is 5.91 Å². The molecular weight excluding hydrogens is 335 g/mol. The van der Waals surface area contributed by atoms with Crippen molar-refractivity contribution in [1.82, 2.24) is 14.7 Å². The maximum Gasteiger partial charge on any atom is 0.247 e. The quantitative estimate of drug-likeness (QED) is 0.833. The number of methoxy groups -OCH3 is 1. The van der Waals surface area contributed by atoms with Crippen molar-refractivity contribution in [2.75, 3.05) is 19.4 Å². The van der Waals surface area contributed by atoms with E-state index in [1.807, 2.05) is 0 Å². The molecule has 7 heteroatoms. The molecule has 0 bridgehead atoms. The fourth-order valence-corrected chi connectivity index (χ4v) is 3.31. The van der Waals surface area contributed by atoms with E-state index < -0.39 is 0 Å². The van der Waals surface area contributed by atoms with Crippen molar-refractivity contribution in [2.45, 2.75) is 32.0 Å². The average molecular weight is 358 g/mol. The number of carbonyl (C=O) groups excluding carboxylic acids is 1. The van der Waals surface area contributed by atoms with Crippen LogP contribution < -0.4 is 5.73 Å². The summed E-state index contributed by atoms with van der Waals surface area (Å²) in [4.78, 5) is 14.6. The number of halogens is 1. The Kier molecular flexibility index (Phi) is 5.37. The minimum atomic E-state index is -0.339. The van der Waals surface area contributed by atoms with Crippen LogP contribution in [0.3, 0.4) is 0 Å². The lowest BCUT2D eigenvalue weighted by molar-refractivity contribution is -0.127. The van der Waals surface area contributed by atoms with Gasteiger partial charge in [0.15, 0.2) is 0 Å². The molecule has 2 heterocycles. The lowest BCUT2D eigenvalue weighted by atomic mass is 10.1. The topological polar surface area (TPSA) is 73.4 Å². The van der Waals surface area contributed by atoms with Crippen molar-refractivity contribution in [1.29, 1.82) is 0 Å². The maximum absolute atomic E-state index is 13.9. The van der Waals surface area contributed by atoms with E-state index in [9.17, 15) is 9.18 Å². The molecule has 0 saturated carbocycles. The number of amides is 1. The van der Waals surface area contributed by atoms with E-state index in [4.69, 9.17) is 10.5 Å². The Balaban J connectivity index is 1.78. The van der Waals surface area contributed by atoms with E-state index in [1.165, 1.54) is 12.1 Å². The summed E-state index contributed by atoms with van der Waals surface area (Å²) in [6, 6.07) is 8.10. The molecule has 26 heavy (non-hydrogen) atoms. The van der Waals surface area contributed by atoms with Gasteiger partial charge in [0, 0.05) is 31.5 Å². The summed E-state index contributed by atoms with van der Waals surface area (Å²) in [6.07, 6.45) is 3.97. The minimum Gasteiger partial charge on any atom is -0.382 e. The predicted molar refractivity (Wildman–Crippen MR) is 97.6 cm³/mol. The molecule has 1 amide bonds. The number of allylic oxidation sites excluding steroid dienone is 1. The first-order valence-electron chi connectivity index (χ1n) is 8.53. The van der Waals surface area contributed by atoms with Gasteiger partial charge >= 0.3 is 0 Å². The van der Waals surface area contributed by atoms with Gasteiger partial charge in [0.1, 0.15) is 11.6 Å². The van der Waals surface area contributed by atoms with Crippen molar-refractivity contribution in [3.05, 3.63) is 54.0 Å². The molecule has 0 radical (unpaired) electrons. The molecule has 0 unspecified atom stereocenters. The van der Waals surface area contributed by atoms with Gasteiger partial charge in [-0.3, -0.25) is 9.48 Å². The predicted octanol–water partition coefficient (Wildman–Crippen LogP) is 2.32. The van der Waals surface area contributed by atoms with Crippen LogP contribution in [0.2, 0.25) is 0 Å². The van der Waals surface area contributed by atoms with Gasteiger partial charge in [0.05, 0.1) is 18.7 Å². The Morgan fingerprint density at radius 3 is 2.85 bits per heavy atom. The summed E-state index contributed by atoms with van der Waals surface area (Å²) in [5.41, 5.74) is 6.69. The first-order chi connectivity index (χ1) is 12.5. The van der Waals surface area contributed by atoms with Crippen LogP contribution >= 0.6 is 0 Å². The van der Waals surface area contributed by atoms with Crippen molar-refractivity contribution in [2.24, 2.45) is 0 Å². The third-order valence-electron chi connectivity index (χ3n) is 4.69. The number of aromatic nitrogens is 2. The Morgan fingerprint density at radius 1 is 1.42 bits per heavy atom. The molecule has 138 valence electrons. The molecule has 2 N–H and O–H groups in total. The van der Waals surface area contributed by atoms with E-state index in [0.29, 0.717) is 36.5 Å². The molecule has 1 aromatic carbocycles. The summed E-state index contributed by atoms with van der Waals surface area (Å²) >= 11 is 0. The van der Waals surface area contributed by atoms with Crippen LogP contribution in [-0.2, 0) is 16.1 Å². The van der Waals surface area contributed by atoms with Crippen LogP contribution in [-0.4, -0.2) is 46.4 Å². The number of likely N-dealkylation sites (tertiary alicyclic amines) is 1. The van der Waals surface area contributed by atoms with Gasteiger partial charge in [-0.05, 0) is 31.1 Å². The minimum absolute atomic E-state index is 0.0287. The first-order valence-corrected chi connectivity index (χ1v) is 8.53. The zero-order chi connectivity index (χ0) is 18.7. The fourth-order valence-electron chi connectivity index (χ4n) is 3.31. The standard InChI is InChI=1S/C19H23FN4O2/c1-13(16-5-3-4-6-17(16)20)9-19(25)24-12-15(26-2)10-14(24)11-23-8-7-18(21)22-23/h3-9,14-15H,10-12H2,1-2H3,(H2,21,22)/t14-,15-/m0/s1. The van der Waals surface area contributed by atoms with Gasteiger partial charge < -0.3 is 15.4 Å². The molecule has 3 rings (SSSR count). The highest BCUT2D eigenvalue weighted by Gasteiger charge is 2.35. The Labute approximate surface area is 152 Å². The molecule has 1 aliphatic heterocycles.